The van der Waals surface area contributed by atoms with Gasteiger partial charge in [0.1, 0.15) is 17.0 Å². The van der Waals surface area contributed by atoms with E-state index in [9.17, 15) is 0 Å². The molecule has 7 heteroatoms. The molecule has 0 spiro atoms. The fourth-order valence-electron chi connectivity index (χ4n) is 3.29. The van der Waals surface area contributed by atoms with E-state index in [4.69, 9.17) is 9.72 Å². The van der Waals surface area contributed by atoms with Gasteiger partial charge >= 0.3 is 0 Å². The molecule has 5 rings (SSSR count). The maximum atomic E-state index is 5.38. The van der Waals surface area contributed by atoms with Crippen LogP contribution in [0.25, 0.3) is 27.9 Å². The van der Waals surface area contributed by atoms with E-state index >= 15 is 0 Å². The van der Waals surface area contributed by atoms with E-state index in [0.717, 1.165) is 39.2 Å². The average molecular weight is 382 g/mol. The molecule has 0 aliphatic heterocycles. The van der Waals surface area contributed by atoms with Gasteiger partial charge in [0.25, 0.3) is 0 Å². The highest BCUT2D eigenvalue weighted by Crippen LogP contribution is 2.30. The third-order valence-electron chi connectivity index (χ3n) is 4.71. The third kappa shape index (κ3) is 3.12. The minimum atomic E-state index is 0.552. The number of nitrogens with zero attached hydrogens (tertiary/aromatic N) is 5. The summed E-state index contributed by atoms with van der Waals surface area (Å²) in [6, 6.07) is 17.5. The fraction of sp³-hybridized carbons (Fsp3) is 0.0909. The van der Waals surface area contributed by atoms with Crippen molar-refractivity contribution in [1.82, 2.24) is 24.6 Å². The summed E-state index contributed by atoms with van der Waals surface area (Å²) in [6.07, 6.45) is 3.67. The molecule has 0 radical (unpaired) electrons. The normalized spacial score (nSPS) is 11.1. The van der Waals surface area contributed by atoms with Gasteiger partial charge in [-0.05, 0) is 55.5 Å². The first-order valence-electron chi connectivity index (χ1n) is 9.20. The van der Waals surface area contributed by atoms with Crippen molar-refractivity contribution in [3.05, 3.63) is 72.7 Å². The van der Waals surface area contributed by atoms with Crippen LogP contribution in [0.5, 0.6) is 5.75 Å². The van der Waals surface area contributed by atoms with Gasteiger partial charge in [-0.1, -0.05) is 6.07 Å². The number of aryl methyl sites for hydroxylation is 1. The van der Waals surface area contributed by atoms with E-state index in [2.05, 4.69) is 20.4 Å². The lowest BCUT2D eigenvalue weighted by Gasteiger charge is -2.12. The summed E-state index contributed by atoms with van der Waals surface area (Å²) in [7, 11) is 1.65. The van der Waals surface area contributed by atoms with Crippen LogP contribution in [-0.2, 0) is 0 Å². The number of rotatable bonds is 4. The van der Waals surface area contributed by atoms with Crippen LogP contribution >= 0.6 is 0 Å². The van der Waals surface area contributed by atoms with Gasteiger partial charge in [-0.25, -0.2) is 14.5 Å². The average Bonchev–Trinajstić information content (AvgIpc) is 3.23. The van der Waals surface area contributed by atoms with Gasteiger partial charge in [0, 0.05) is 23.5 Å². The summed E-state index contributed by atoms with van der Waals surface area (Å²) in [5, 5.41) is 9.02. The molecule has 0 saturated heterocycles. The summed E-state index contributed by atoms with van der Waals surface area (Å²) >= 11 is 0. The van der Waals surface area contributed by atoms with Crippen LogP contribution in [0.3, 0.4) is 0 Å². The molecular weight excluding hydrogens is 364 g/mol. The molecule has 0 unspecified atom stereocenters. The maximum Gasteiger partial charge on any atom is 0.200 e. The van der Waals surface area contributed by atoms with Crippen molar-refractivity contribution in [2.24, 2.45) is 0 Å². The summed E-state index contributed by atoms with van der Waals surface area (Å²) in [6.45, 7) is 1.95. The van der Waals surface area contributed by atoms with Crippen molar-refractivity contribution >= 4 is 27.9 Å². The molecule has 0 amide bonds. The predicted molar refractivity (Wildman–Crippen MR) is 113 cm³/mol. The summed E-state index contributed by atoms with van der Waals surface area (Å²) in [4.78, 5) is 13.8. The van der Waals surface area contributed by atoms with Crippen molar-refractivity contribution in [3.63, 3.8) is 0 Å². The van der Waals surface area contributed by atoms with Crippen LogP contribution in [-0.4, -0.2) is 31.7 Å². The van der Waals surface area contributed by atoms with Gasteiger partial charge in [-0.2, -0.15) is 0 Å². The molecule has 0 bridgehead atoms. The molecule has 1 aromatic carbocycles. The topological polar surface area (TPSA) is 77.2 Å². The second kappa shape index (κ2) is 6.87. The quantitative estimate of drug-likeness (QED) is 0.496. The molecule has 142 valence electrons. The van der Waals surface area contributed by atoms with Crippen LogP contribution in [0.2, 0.25) is 0 Å². The van der Waals surface area contributed by atoms with Gasteiger partial charge in [-0.15, -0.1) is 5.10 Å². The number of pyridine rings is 2. The van der Waals surface area contributed by atoms with Gasteiger partial charge in [0.05, 0.1) is 18.3 Å². The molecule has 1 N–H and O–H groups in total. The molecule has 0 aliphatic carbocycles. The standard InChI is InChI=1S/C22H18N6O/c1-14-5-3-6-19(24-14)21-26-22(20-7-4-12-28(20)27-21)25-18-10-11-23-17-9-8-15(29-2)13-16(17)18/h3-13H,1-2H3,(H,23,25,26,27). The minimum Gasteiger partial charge on any atom is -0.497 e. The molecule has 0 atom stereocenters. The third-order valence-corrected chi connectivity index (χ3v) is 4.71. The van der Waals surface area contributed by atoms with E-state index in [1.54, 1.807) is 17.8 Å². The minimum absolute atomic E-state index is 0.552. The zero-order chi connectivity index (χ0) is 19.8. The lowest BCUT2D eigenvalue weighted by Crippen LogP contribution is -2.04. The van der Waals surface area contributed by atoms with E-state index < -0.39 is 0 Å². The fourth-order valence-corrected chi connectivity index (χ4v) is 3.29. The van der Waals surface area contributed by atoms with Crippen molar-refractivity contribution < 1.29 is 4.74 Å². The van der Waals surface area contributed by atoms with Crippen LogP contribution in [0, 0.1) is 6.92 Å². The number of hydrogen-bond donors (Lipinski definition) is 1. The number of fused-ring (bicyclic) bond motifs is 2. The number of anilines is 2. The lowest BCUT2D eigenvalue weighted by molar-refractivity contribution is 0.415. The SMILES string of the molecule is COc1ccc2nccc(Nc3nc(-c4cccc(C)n4)nn4cccc34)c2c1. The maximum absolute atomic E-state index is 5.38. The van der Waals surface area contributed by atoms with Gasteiger partial charge < -0.3 is 10.1 Å². The van der Waals surface area contributed by atoms with Crippen LogP contribution in [0.4, 0.5) is 11.5 Å². The Morgan fingerprint density at radius 2 is 1.93 bits per heavy atom. The first-order chi connectivity index (χ1) is 14.2. The summed E-state index contributed by atoms with van der Waals surface area (Å²) < 4.78 is 7.18. The molecule has 4 aromatic heterocycles. The van der Waals surface area contributed by atoms with Gasteiger partial charge in [0.2, 0.25) is 5.82 Å². The molecular formula is C22H18N6O. The summed E-state index contributed by atoms with van der Waals surface area (Å²) in [5.41, 5.74) is 4.27. The first kappa shape index (κ1) is 17.1. The zero-order valence-electron chi connectivity index (χ0n) is 16.0. The number of methoxy groups -OCH3 is 1. The Kier molecular flexibility index (Phi) is 4.05. The highest BCUT2D eigenvalue weighted by Gasteiger charge is 2.12. The number of ether oxygens (including phenoxy) is 1. The Hall–Kier alpha value is -4.00. The van der Waals surface area contributed by atoms with E-state index in [1.165, 1.54) is 0 Å². The van der Waals surface area contributed by atoms with Crippen LogP contribution < -0.4 is 10.1 Å². The van der Waals surface area contributed by atoms with Crippen molar-refractivity contribution in [3.8, 4) is 17.3 Å². The first-order valence-corrected chi connectivity index (χ1v) is 9.20. The second-order valence-electron chi connectivity index (χ2n) is 6.65. The highest BCUT2D eigenvalue weighted by atomic mass is 16.5. The molecule has 0 saturated carbocycles. The molecule has 0 aliphatic rings. The Bertz CT molecular complexity index is 1340. The molecule has 29 heavy (non-hydrogen) atoms. The van der Waals surface area contributed by atoms with Gasteiger partial charge in [0.15, 0.2) is 5.82 Å². The van der Waals surface area contributed by atoms with E-state index in [-0.39, 0.29) is 0 Å². The molecule has 7 nitrogen and oxygen atoms in total. The Labute approximate surface area is 167 Å². The largest absolute Gasteiger partial charge is 0.497 e. The molecule has 5 aromatic rings. The smallest absolute Gasteiger partial charge is 0.200 e. The second-order valence-corrected chi connectivity index (χ2v) is 6.65. The lowest BCUT2D eigenvalue weighted by atomic mass is 10.1. The number of nitrogens with one attached hydrogen (secondary N) is 1. The van der Waals surface area contributed by atoms with Crippen molar-refractivity contribution in [2.75, 3.05) is 12.4 Å². The Balaban J connectivity index is 1.66. The van der Waals surface area contributed by atoms with Crippen molar-refractivity contribution in [1.29, 1.82) is 0 Å². The highest BCUT2D eigenvalue weighted by molar-refractivity contribution is 5.94. The van der Waals surface area contributed by atoms with E-state index in [0.29, 0.717) is 11.6 Å². The number of hydrogen-bond acceptors (Lipinski definition) is 6. The van der Waals surface area contributed by atoms with Gasteiger partial charge in [-0.3, -0.25) is 4.98 Å². The van der Waals surface area contributed by atoms with Crippen LogP contribution in [0.1, 0.15) is 5.69 Å². The molecule has 0 fully saturated rings. The predicted octanol–water partition coefficient (Wildman–Crippen LogP) is 4.40. The van der Waals surface area contributed by atoms with E-state index in [1.807, 2.05) is 67.7 Å². The Morgan fingerprint density at radius 3 is 2.79 bits per heavy atom. The number of aromatic nitrogens is 5. The summed E-state index contributed by atoms with van der Waals surface area (Å²) in [5.74, 6) is 2.02. The monoisotopic (exact) mass is 382 g/mol. The zero-order valence-corrected chi connectivity index (χ0v) is 16.0. The number of benzene rings is 1. The van der Waals surface area contributed by atoms with Crippen molar-refractivity contribution in [2.45, 2.75) is 6.92 Å². The van der Waals surface area contributed by atoms with Crippen LogP contribution in [0.15, 0.2) is 67.0 Å². The Morgan fingerprint density at radius 1 is 1.00 bits per heavy atom. The molecule has 4 heterocycles.